The smallest absolute Gasteiger partial charge is 0.223 e. The summed E-state index contributed by atoms with van der Waals surface area (Å²) >= 11 is 1.60. The predicted octanol–water partition coefficient (Wildman–Crippen LogP) is 4.23. The molecule has 1 heterocycles. The van der Waals surface area contributed by atoms with E-state index >= 15 is 0 Å². The van der Waals surface area contributed by atoms with Gasteiger partial charge in [0.1, 0.15) is 5.01 Å². The molecule has 0 radical (unpaired) electrons. The molecule has 0 fully saturated rings. The van der Waals surface area contributed by atoms with Gasteiger partial charge in [0.25, 0.3) is 0 Å². The highest BCUT2D eigenvalue weighted by molar-refractivity contribution is 7.09. The lowest BCUT2D eigenvalue weighted by Gasteiger charge is -2.21. The Morgan fingerprint density at radius 3 is 2.55 bits per heavy atom. The quantitative estimate of drug-likeness (QED) is 0.831. The molecule has 118 valence electrons. The van der Waals surface area contributed by atoms with Gasteiger partial charge in [0.15, 0.2) is 0 Å². The maximum atomic E-state index is 12.5. The van der Waals surface area contributed by atoms with Crippen molar-refractivity contribution in [3.05, 3.63) is 52.5 Å². The van der Waals surface area contributed by atoms with Gasteiger partial charge in [-0.15, -0.1) is 11.3 Å². The minimum Gasteiger partial charge on any atom is -0.347 e. The molecule has 2 atom stereocenters. The van der Waals surface area contributed by atoms with Gasteiger partial charge in [0.05, 0.1) is 6.04 Å². The molecule has 1 aromatic heterocycles. The number of benzene rings is 1. The molecule has 2 unspecified atom stereocenters. The Kier molecular flexibility index (Phi) is 6.13. The number of carbonyl (C=O) groups is 1. The molecule has 22 heavy (non-hydrogen) atoms. The lowest BCUT2D eigenvalue weighted by molar-refractivity contribution is -0.125. The van der Waals surface area contributed by atoms with Gasteiger partial charge in [-0.1, -0.05) is 51.1 Å². The summed E-state index contributed by atoms with van der Waals surface area (Å²) in [6.45, 7) is 6.32. The number of nitrogens with zero attached hydrogens (tertiary/aromatic N) is 1. The second-order valence-corrected chi connectivity index (χ2v) is 7.08. The fourth-order valence-electron chi connectivity index (χ4n) is 2.47. The zero-order valence-corrected chi connectivity index (χ0v) is 14.3. The fourth-order valence-corrected chi connectivity index (χ4v) is 3.18. The van der Waals surface area contributed by atoms with Crippen LogP contribution < -0.4 is 5.32 Å². The molecule has 4 heteroatoms. The Labute approximate surface area is 136 Å². The third-order valence-electron chi connectivity index (χ3n) is 3.61. The van der Waals surface area contributed by atoms with E-state index in [9.17, 15) is 4.79 Å². The first-order chi connectivity index (χ1) is 10.6. The minimum atomic E-state index is -0.0444. The lowest BCUT2D eigenvalue weighted by Crippen LogP contribution is -2.34. The summed E-state index contributed by atoms with van der Waals surface area (Å²) in [4.78, 5) is 16.9. The van der Waals surface area contributed by atoms with E-state index in [1.54, 1.807) is 17.5 Å². The van der Waals surface area contributed by atoms with Gasteiger partial charge < -0.3 is 5.32 Å². The van der Waals surface area contributed by atoms with Crippen LogP contribution in [0.25, 0.3) is 0 Å². The van der Waals surface area contributed by atoms with E-state index in [4.69, 9.17) is 0 Å². The molecule has 0 bridgehead atoms. The number of hydrogen-bond acceptors (Lipinski definition) is 3. The van der Waals surface area contributed by atoms with E-state index in [1.165, 1.54) is 5.56 Å². The Hall–Kier alpha value is -1.68. The van der Waals surface area contributed by atoms with E-state index in [2.05, 4.69) is 36.3 Å². The number of thiazole rings is 1. The molecule has 0 aliphatic carbocycles. The summed E-state index contributed by atoms with van der Waals surface area (Å²) in [5.41, 5.74) is 1.19. The first-order valence-corrected chi connectivity index (χ1v) is 8.68. The van der Waals surface area contributed by atoms with Crippen molar-refractivity contribution in [1.82, 2.24) is 10.3 Å². The fraction of sp³-hybridized carbons (Fsp3) is 0.444. The third kappa shape index (κ3) is 4.95. The second kappa shape index (κ2) is 8.08. The van der Waals surface area contributed by atoms with Crippen molar-refractivity contribution in [2.75, 3.05) is 0 Å². The van der Waals surface area contributed by atoms with Crippen LogP contribution in [0.1, 0.15) is 43.8 Å². The standard InChI is InChI=1S/C18H24N2OS/c1-13(2)11-16(18-19-9-10-22-18)20-17(21)14(3)12-15-7-5-4-6-8-15/h4-10,13-14,16H,11-12H2,1-3H3,(H,20,21). The highest BCUT2D eigenvalue weighted by Gasteiger charge is 2.21. The number of hydrogen-bond donors (Lipinski definition) is 1. The van der Waals surface area contributed by atoms with Crippen LogP contribution in [-0.2, 0) is 11.2 Å². The number of amides is 1. The van der Waals surface area contributed by atoms with Gasteiger partial charge in [-0.05, 0) is 24.3 Å². The lowest BCUT2D eigenvalue weighted by atomic mass is 9.99. The molecule has 0 saturated heterocycles. The maximum absolute atomic E-state index is 12.5. The van der Waals surface area contributed by atoms with Gasteiger partial charge in [-0.2, -0.15) is 0 Å². The monoisotopic (exact) mass is 316 g/mol. The summed E-state index contributed by atoms with van der Waals surface area (Å²) in [6, 6.07) is 10.2. The van der Waals surface area contributed by atoms with Crippen molar-refractivity contribution in [2.45, 2.75) is 39.7 Å². The maximum Gasteiger partial charge on any atom is 0.223 e. The molecule has 2 aromatic rings. The second-order valence-electron chi connectivity index (χ2n) is 6.15. The highest BCUT2D eigenvalue weighted by Crippen LogP contribution is 2.23. The van der Waals surface area contributed by atoms with Crippen molar-refractivity contribution in [1.29, 1.82) is 0 Å². The van der Waals surface area contributed by atoms with Gasteiger partial charge in [-0.25, -0.2) is 4.98 Å². The van der Waals surface area contributed by atoms with E-state index in [1.807, 2.05) is 30.5 Å². The average molecular weight is 316 g/mol. The zero-order valence-electron chi connectivity index (χ0n) is 13.5. The van der Waals surface area contributed by atoms with Crippen LogP contribution >= 0.6 is 11.3 Å². The molecule has 0 aliphatic heterocycles. The van der Waals surface area contributed by atoms with Crippen LogP contribution in [-0.4, -0.2) is 10.9 Å². The summed E-state index contributed by atoms with van der Waals surface area (Å²) in [7, 11) is 0. The van der Waals surface area contributed by atoms with Crippen LogP contribution in [0.4, 0.5) is 0 Å². The van der Waals surface area contributed by atoms with Crippen molar-refractivity contribution in [2.24, 2.45) is 11.8 Å². The molecule has 1 amide bonds. The normalized spacial score (nSPS) is 13.8. The average Bonchev–Trinajstić information content (AvgIpc) is 3.01. The van der Waals surface area contributed by atoms with Gasteiger partial charge in [0.2, 0.25) is 5.91 Å². The van der Waals surface area contributed by atoms with Crippen LogP contribution in [0.15, 0.2) is 41.9 Å². The molecule has 0 spiro atoms. The Balaban J connectivity index is 1.98. The van der Waals surface area contributed by atoms with Gasteiger partial charge >= 0.3 is 0 Å². The number of carbonyl (C=O) groups excluding carboxylic acids is 1. The summed E-state index contributed by atoms with van der Waals surface area (Å²) in [6.07, 6.45) is 3.48. The van der Waals surface area contributed by atoms with Crippen LogP contribution in [0.2, 0.25) is 0 Å². The first kappa shape index (κ1) is 16.7. The molecule has 1 aromatic carbocycles. The topological polar surface area (TPSA) is 42.0 Å². The van der Waals surface area contributed by atoms with E-state index in [0.29, 0.717) is 5.92 Å². The van der Waals surface area contributed by atoms with E-state index < -0.39 is 0 Å². The highest BCUT2D eigenvalue weighted by atomic mass is 32.1. The molecule has 2 rings (SSSR count). The number of rotatable bonds is 7. The number of aromatic nitrogens is 1. The Bertz CT molecular complexity index is 566. The Morgan fingerprint density at radius 2 is 1.95 bits per heavy atom. The molecular formula is C18H24N2OS. The zero-order chi connectivity index (χ0) is 15.9. The summed E-state index contributed by atoms with van der Waals surface area (Å²) in [5.74, 6) is 0.570. The van der Waals surface area contributed by atoms with Crippen molar-refractivity contribution >= 4 is 17.2 Å². The van der Waals surface area contributed by atoms with Crippen molar-refractivity contribution < 1.29 is 4.79 Å². The molecule has 3 nitrogen and oxygen atoms in total. The predicted molar refractivity (Wildman–Crippen MR) is 91.8 cm³/mol. The minimum absolute atomic E-state index is 0.0192. The van der Waals surface area contributed by atoms with Crippen molar-refractivity contribution in [3.8, 4) is 0 Å². The van der Waals surface area contributed by atoms with Crippen LogP contribution in [0.3, 0.4) is 0 Å². The third-order valence-corrected chi connectivity index (χ3v) is 4.49. The molecule has 1 N–H and O–H groups in total. The van der Waals surface area contributed by atoms with E-state index in [0.717, 1.165) is 17.8 Å². The summed E-state index contributed by atoms with van der Waals surface area (Å²) < 4.78 is 0. The first-order valence-electron chi connectivity index (χ1n) is 7.80. The van der Waals surface area contributed by atoms with Crippen LogP contribution in [0, 0.1) is 11.8 Å². The van der Waals surface area contributed by atoms with Crippen LogP contribution in [0.5, 0.6) is 0 Å². The molecular weight excluding hydrogens is 292 g/mol. The Morgan fingerprint density at radius 1 is 1.23 bits per heavy atom. The summed E-state index contributed by atoms with van der Waals surface area (Å²) in [5, 5.41) is 6.13. The van der Waals surface area contributed by atoms with Gasteiger partial charge in [-0.3, -0.25) is 4.79 Å². The number of nitrogens with one attached hydrogen (secondary N) is 1. The largest absolute Gasteiger partial charge is 0.347 e. The molecule has 0 aliphatic rings. The van der Waals surface area contributed by atoms with Crippen molar-refractivity contribution in [3.63, 3.8) is 0 Å². The molecule has 0 saturated carbocycles. The van der Waals surface area contributed by atoms with E-state index in [-0.39, 0.29) is 17.9 Å². The van der Waals surface area contributed by atoms with Gasteiger partial charge in [0, 0.05) is 17.5 Å². The SMILES string of the molecule is CC(C)CC(NC(=O)C(C)Cc1ccccc1)c1nccs1.